The van der Waals surface area contributed by atoms with Crippen LogP contribution in [0.1, 0.15) is 28.9 Å². The lowest BCUT2D eigenvalue weighted by Crippen LogP contribution is -2.52. The SMILES string of the molecule is O=C(NC(Cc1ccccc1)C(=O)N1CCC[C@H]1C(=O)O)c1cnccn1. The third kappa shape index (κ3) is 4.46. The van der Waals surface area contributed by atoms with Gasteiger partial charge in [0, 0.05) is 25.4 Å². The van der Waals surface area contributed by atoms with Gasteiger partial charge < -0.3 is 15.3 Å². The average Bonchev–Trinajstić information content (AvgIpc) is 3.18. The quantitative estimate of drug-likeness (QED) is 0.783. The zero-order valence-corrected chi connectivity index (χ0v) is 14.6. The van der Waals surface area contributed by atoms with Crippen LogP contribution in [0, 0.1) is 0 Å². The Morgan fingerprint density at radius 1 is 1.22 bits per heavy atom. The summed E-state index contributed by atoms with van der Waals surface area (Å²) in [7, 11) is 0. The molecule has 140 valence electrons. The molecule has 2 heterocycles. The fourth-order valence-corrected chi connectivity index (χ4v) is 3.19. The van der Waals surface area contributed by atoms with Crippen LogP contribution in [-0.4, -0.2) is 56.4 Å². The van der Waals surface area contributed by atoms with Crippen molar-refractivity contribution < 1.29 is 19.5 Å². The number of carbonyl (C=O) groups excluding carboxylic acids is 2. The molecule has 1 aliphatic rings. The van der Waals surface area contributed by atoms with Crippen molar-refractivity contribution in [2.75, 3.05) is 6.54 Å². The number of nitrogens with one attached hydrogen (secondary N) is 1. The molecule has 1 unspecified atom stereocenters. The third-order valence-electron chi connectivity index (χ3n) is 4.50. The zero-order valence-electron chi connectivity index (χ0n) is 14.6. The number of amides is 2. The summed E-state index contributed by atoms with van der Waals surface area (Å²) in [6.45, 7) is 0.363. The van der Waals surface area contributed by atoms with E-state index in [2.05, 4.69) is 15.3 Å². The van der Waals surface area contributed by atoms with Gasteiger partial charge in [-0.1, -0.05) is 30.3 Å². The Labute approximate surface area is 156 Å². The number of carboxylic acid groups (broad SMARTS) is 1. The van der Waals surface area contributed by atoms with Gasteiger partial charge in [0.25, 0.3) is 5.91 Å². The summed E-state index contributed by atoms with van der Waals surface area (Å²) in [4.78, 5) is 46.1. The number of benzene rings is 1. The van der Waals surface area contributed by atoms with E-state index in [0.717, 1.165) is 5.56 Å². The lowest BCUT2D eigenvalue weighted by Gasteiger charge is -2.27. The summed E-state index contributed by atoms with van der Waals surface area (Å²) in [5.41, 5.74) is 0.959. The van der Waals surface area contributed by atoms with Crippen LogP contribution < -0.4 is 5.32 Å². The highest BCUT2D eigenvalue weighted by atomic mass is 16.4. The first kappa shape index (κ1) is 18.5. The standard InChI is InChI=1S/C19H20N4O4/c24-17(15-12-20-8-9-21-15)22-14(11-13-5-2-1-3-6-13)18(25)23-10-4-7-16(23)19(26)27/h1-3,5-6,8-9,12,14,16H,4,7,10-11H2,(H,22,24)(H,26,27)/t14?,16-/m0/s1. The van der Waals surface area contributed by atoms with Crippen molar-refractivity contribution in [3.63, 3.8) is 0 Å². The fourth-order valence-electron chi connectivity index (χ4n) is 3.19. The first-order chi connectivity index (χ1) is 13.1. The van der Waals surface area contributed by atoms with E-state index in [1.165, 1.54) is 23.5 Å². The van der Waals surface area contributed by atoms with Gasteiger partial charge in [-0.05, 0) is 18.4 Å². The molecule has 2 aromatic rings. The lowest BCUT2D eigenvalue weighted by molar-refractivity contribution is -0.148. The van der Waals surface area contributed by atoms with Gasteiger partial charge in [0.15, 0.2) is 0 Å². The molecule has 1 aromatic heterocycles. The van der Waals surface area contributed by atoms with Crippen molar-refractivity contribution >= 4 is 17.8 Å². The van der Waals surface area contributed by atoms with Crippen molar-refractivity contribution in [1.29, 1.82) is 0 Å². The summed E-state index contributed by atoms with van der Waals surface area (Å²) < 4.78 is 0. The van der Waals surface area contributed by atoms with Crippen LogP contribution in [0.5, 0.6) is 0 Å². The smallest absolute Gasteiger partial charge is 0.326 e. The largest absolute Gasteiger partial charge is 0.480 e. The van der Waals surface area contributed by atoms with E-state index in [4.69, 9.17) is 0 Å². The van der Waals surface area contributed by atoms with Gasteiger partial charge in [-0.3, -0.25) is 14.6 Å². The number of carboxylic acids is 1. The Balaban J connectivity index is 1.81. The molecule has 0 bridgehead atoms. The maximum absolute atomic E-state index is 13.0. The van der Waals surface area contributed by atoms with E-state index < -0.39 is 29.9 Å². The van der Waals surface area contributed by atoms with Gasteiger partial charge >= 0.3 is 5.97 Å². The second-order valence-electron chi connectivity index (χ2n) is 6.33. The van der Waals surface area contributed by atoms with E-state index >= 15 is 0 Å². The van der Waals surface area contributed by atoms with Crippen molar-refractivity contribution in [3.05, 3.63) is 60.2 Å². The fraction of sp³-hybridized carbons (Fsp3) is 0.316. The molecule has 0 spiro atoms. The van der Waals surface area contributed by atoms with Gasteiger partial charge in [0.2, 0.25) is 5.91 Å². The van der Waals surface area contributed by atoms with Crippen LogP contribution in [0.3, 0.4) is 0 Å². The maximum Gasteiger partial charge on any atom is 0.326 e. The minimum atomic E-state index is -1.03. The minimum Gasteiger partial charge on any atom is -0.480 e. The molecule has 0 radical (unpaired) electrons. The molecule has 2 atom stereocenters. The highest BCUT2D eigenvalue weighted by Crippen LogP contribution is 2.19. The predicted molar refractivity (Wildman–Crippen MR) is 95.8 cm³/mol. The van der Waals surface area contributed by atoms with Gasteiger partial charge in [0.05, 0.1) is 6.20 Å². The number of likely N-dealkylation sites (tertiary alicyclic amines) is 1. The number of carbonyl (C=O) groups is 3. The molecule has 3 rings (SSSR count). The first-order valence-electron chi connectivity index (χ1n) is 8.70. The van der Waals surface area contributed by atoms with Crippen LogP contribution in [-0.2, 0) is 16.0 Å². The zero-order chi connectivity index (χ0) is 19.2. The molecule has 1 fully saturated rings. The molecule has 1 saturated heterocycles. The number of hydrogen-bond donors (Lipinski definition) is 2. The van der Waals surface area contributed by atoms with Crippen LogP contribution in [0.2, 0.25) is 0 Å². The molecule has 1 aliphatic heterocycles. The minimum absolute atomic E-state index is 0.0968. The lowest BCUT2D eigenvalue weighted by atomic mass is 10.0. The van der Waals surface area contributed by atoms with E-state index in [9.17, 15) is 19.5 Å². The van der Waals surface area contributed by atoms with Crippen molar-refractivity contribution in [3.8, 4) is 0 Å². The van der Waals surface area contributed by atoms with Crippen molar-refractivity contribution in [2.45, 2.75) is 31.3 Å². The Morgan fingerprint density at radius 3 is 2.67 bits per heavy atom. The van der Waals surface area contributed by atoms with Crippen LogP contribution in [0.4, 0.5) is 0 Å². The van der Waals surface area contributed by atoms with Gasteiger partial charge in [-0.25, -0.2) is 9.78 Å². The van der Waals surface area contributed by atoms with Gasteiger partial charge in [-0.2, -0.15) is 0 Å². The molecule has 2 N–H and O–H groups in total. The van der Waals surface area contributed by atoms with E-state index in [-0.39, 0.29) is 12.1 Å². The maximum atomic E-state index is 13.0. The molecule has 8 nitrogen and oxygen atoms in total. The summed E-state index contributed by atoms with van der Waals surface area (Å²) in [6, 6.07) is 7.51. The molecular weight excluding hydrogens is 348 g/mol. The normalized spacial score (nSPS) is 17.3. The van der Waals surface area contributed by atoms with Crippen LogP contribution >= 0.6 is 0 Å². The molecule has 27 heavy (non-hydrogen) atoms. The van der Waals surface area contributed by atoms with Gasteiger partial charge in [-0.15, -0.1) is 0 Å². The topological polar surface area (TPSA) is 112 Å². The third-order valence-corrected chi connectivity index (χ3v) is 4.50. The van der Waals surface area contributed by atoms with Crippen molar-refractivity contribution in [2.24, 2.45) is 0 Å². The average molecular weight is 368 g/mol. The predicted octanol–water partition coefficient (Wildman–Crippen LogP) is 0.893. The second kappa shape index (κ2) is 8.39. The molecule has 0 aliphatic carbocycles. The second-order valence-corrected chi connectivity index (χ2v) is 6.33. The molecule has 2 amide bonds. The van der Waals surface area contributed by atoms with Crippen LogP contribution in [0.25, 0.3) is 0 Å². The molecule has 8 heteroatoms. The Morgan fingerprint density at radius 2 is 2.00 bits per heavy atom. The number of hydrogen-bond acceptors (Lipinski definition) is 5. The monoisotopic (exact) mass is 368 g/mol. The highest BCUT2D eigenvalue weighted by Gasteiger charge is 2.37. The van der Waals surface area contributed by atoms with E-state index in [1.807, 2.05) is 30.3 Å². The number of rotatable bonds is 6. The Kier molecular flexibility index (Phi) is 5.75. The van der Waals surface area contributed by atoms with E-state index in [0.29, 0.717) is 19.4 Å². The van der Waals surface area contributed by atoms with Gasteiger partial charge in [0.1, 0.15) is 17.8 Å². The van der Waals surface area contributed by atoms with Crippen molar-refractivity contribution in [1.82, 2.24) is 20.2 Å². The molecule has 0 saturated carbocycles. The number of nitrogens with zero attached hydrogens (tertiary/aromatic N) is 3. The van der Waals surface area contributed by atoms with E-state index in [1.54, 1.807) is 0 Å². The number of aliphatic carboxylic acids is 1. The first-order valence-corrected chi connectivity index (χ1v) is 8.70. The van der Waals surface area contributed by atoms with Crippen LogP contribution in [0.15, 0.2) is 48.9 Å². The molecular formula is C19H20N4O4. The highest BCUT2D eigenvalue weighted by molar-refractivity contribution is 5.96. The summed E-state index contributed by atoms with van der Waals surface area (Å²) >= 11 is 0. The Hall–Kier alpha value is -3.29. The Bertz CT molecular complexity index is 813. The summed E-state index contributed by atoms with van der Waals surface area (Å²) in [5.74, 6) is -1.95. The number of aromatic nitrogens is 2. The summed E-state index contributed by atoms with van der Waals surface area (Å²) in [6.07, 6.45) is 5.45. The molecule has 1 aromatic carbocycles. The summed E-state index contributed by atoms with van der Waals surface area (Å²) in [5, 5.41) is 12.1.